The number of rotatable bonds is 7. The summed E-state index contributed by atoms with van der Waals surface area (Å²) in [5.74, 6) is 0.728. The molecule has 21 heavy (non-hydrogen) atoms. The third-order valence-electron chi connectivity index (χ3n) is 3.69. The fourth-order valence-electron chi connectivity index (χ4n) is 2.68. The lowest BCUT2D eigenvalue weighted by molar-refractivity contribution is 0.335. The molecule has 1 aromatic rings. The molecule has 0 spiro atoms. The summed E-state index contributed by atoms with van der Waals surface area (Å²) in [6.45, 7) is 3.04. The average Bonchev–Trinajstić information content (AvgIpc) is 2.93. The number of nitrogens with one attached hydrogen (secondary N) is 2. The molecular weight excluding hydrogens is 288 g/mol. The smallest absolute Gasteiger partial charge is 0.240 e. The average molecular weight is 312 g/mol. The molecule has 118 valence electrons. The van der Waals surface area contributed by atoms with E-state index in [1.807, 2.05) is 14.0 Å². The van der Waals surface area contributed by atoms with E-state index in [-0.39, 0.29) is 6.04 Å². The van der Waals surface area contributed by atoms with Crippen molar-refractivity contribution < 1.29 is 13.2 Å². The van der Waals surface area contributed by atoms with E-state index in [4.69, 9.17) is 4.74 Å². The molecule has 6 heteroatoms. The van der Waals surface area contributed by atoms with Crippen molar-refractivity contribution >= 4 is 10.0 Å². The van der Waals surface area contributed by atoms with Gasteiger partial charge >= 0.3 is 0 Å². The quantitative estimate of drug-likeness (QED) is 0.808. The molecule has 0 bridgehead atoms. The van der Waals surface area contributed by atoms with Crippen molar-refractivity contribution in [1.29, 1.82) is 0 Å². The molecule has 0 unspecified atom stereocenters. The minimum absolute atomic E-state index is 0.0781. The fourth-order valence-corrected chi connectivity index (χ4v) is 4.03. The van der Waals surface area contributed by atoms with Gasteiger partial charge in [-0.05, 0) is 45.0 Å². The molecule has 1 aliphatic rings. The van der Waals surface area contributed by atoms with Gasteiger partial charge in [0, 0.05) is 18.2 Å². The summed E-state index contributed by atoms with van der Waals surface area (Å²) in [5, 5.41) is 3.04. The summed E-state index contributed by atoms with van der Waals surface area (Å²) >= 11 is 0. The van der Waals surface area contributed by atoms with Crippen LogP contribution in [-0.2, 0) is 16.6 Å². The topological polar surface area (TPSA) is 67.4 Å². The Kier molecular flexibility index (Phi) is 5.61. The van der Waals surface area contributed by atoms with Crippen LogP contribution in [0.15, 0.2) is 23.1 Å². The summed E-state index contributed by atoms with van der Waals surface area (Å²) in [5.41, 5.74) is 0.855. The van der Waals surface area contributed by atoms with Crippen LogP contribution in [0.5, 0.6) is 5.75 Å². The zero-order valence-corrected chi connectivity index (χ0v) is 13.5. The van der Waals surface area contributed by atoms with Gasteiger partial charge in [0.1, 0.15) is 5.75 Å². The molecular formula is C15H24N2O3S. The summed E-state index contributed by atoms with van der Waals surface area (Å²) in [4.78, 5) is 0.308. The second-order valence-corrected chi connectivity index (χ2v) is 7.05. The van der Waals surface area contributed by atoms with Crippen molar-refractivity contribution in [3.05, 3.63) is 23.8 Å². The molecule has 1 aliphatic carbocycles. The van der Waals surface area contributed by atoms with Crippen molar-refractivity contribution in [2.45, 2.75) is 50.1 Å². The van der Waals surface area contributed by atoms with Crippen LogP contribution >= 0.6 is 0 Å². The van der Waals surface area contributed by atoms with Gasteiger partial charge in [-0.15, -0.1) is 0 Å². The lowest BCUT2D eigenvalue weighted by Crippen LogP contribution is -2.32. The highest BCUT2D eigenvalue weighted by Crippen LogP contribution is 2.25. The second-order valence-electron chi connectivity index (χ2n) is 5.34. The molecule has 0 atom stereocenters. The molecule has 1 aromatic carbocycles. The van der Waals surface area contributed by atoms with Gasteiger partial charge in [0.2, 0.25) is 10.0 Å². The molecule has 1 saturated carbocycles. The highest BCUT2D eigenvalue weighted by Gasteiger charge is 2.23. The molecule has 0 aromatic heterocycles. The molecule has 1 fully saturated rings. The highest BCUT2D eigenvalue weighted by molar-refractivity contribution is 7.89. The molecule has 5 nitrogen and oxygen atoms in total. The summed E-state index contributed by atoms with van der Waals surface area (Å²) in [6, 6.07) is 5.12. The van der Waals surface area contributed by atoms with Crippen molar-refractivity contribution in [1.82, 2.24) is 10.0 Å². The van der Waals surface area contributed by atoms with Gasteiger partial charge < -0.3 is 10.1 Å². The van der Waals surface area contributed by atoms with Gasteiger partial charge in [0.25, 0.3) is 0 Å². The third-order valence-corrected chi connectivity index (χ3v) is 5.20. The van der Waals surface area contributed by atoms with Crippen LogP contribution in [0.3, 0.4) is 0 Å². The van der Waals surface area contributed by atoms with Crippen molar-refractivity contribution in [2.24, 2.45) is 0 Å². The van der Waals surface area contributed by atoms with Gasteiger partial charge in [0.15, 0.2) is 0 Å². The van der Waals surface area contributed by atoms with E-state index in [0.717, 1.165) is 37.0 Å². The zero-order valence-electron chi connectivity index (χ0n) is 12.7. The van der Waals surface area contributed by atoms with Crippen LogP contribution in [0.25, 0.3) is 0 Å². The van der Waals surface area contributed by atoms with Crippen LogP contribution < -0.4 is 14.8 Å². The Morgan fingerprint density at radius 3 is 2.62 bits per heavy atom. The summed E-state index contributed by atoms with van der Waals surface area (Å²) < 4.78 is 33.2. The number of ether oxygens (including phenoxy) is 1. The standard InChI is InChI=1S/C15H24N2O3S/c1-3-20-15-9-8-14(10-12(15)11-16-2)21(18,19)17-13-6-4-5-7-13/h8-10,13,16-17H,3-7,11H2,1-2H3. The Hall–Kier alpha value is -1.11. The monoisotopic (exact) mass is 312 g/mol. The van der Waals surface area contributed by atoms with E-state index in [0.29, 0.717) is 18.0 Å². The van der Waals surface area contributed by atoms with E-state index >= 15 is 0 Å². The molecule has 0 aliphatic heterocycles. The van der Waals surface area contributed by atoms with Crippen LogP contribution in [-0.4, -0.2) is 28.1 Å². The van der Waals surface area contributed by atoms with Crippen molar-refractivity contribution in [3.8, 4) is 5.75 Å². The largest absolute Gasteiger partial charge is 0.494 e. The van der Waals surface area contributed by atoms with E-state index in [2.05, 4.69) is 10.0 Å². The molecule has 0 amide bonds. The summed E-state index contributed by atoms with van der Waals surface area (Å²) in [7, 11) is -1.62. The van der Waals surface area contributed by atoms with Crippen LogP contribution in [0.2, 0.25) is 0 Å². The van der Waals surface area contributed by atoms with Crippen LogP contribution in [0, 0.1) is 0 Å². The normalized spacial score (nSPS) is 16.3. The first kappa shape index (κ1) is 16.3. The van der Waals surface area contributed by atoms with Crippen molar-refractivity contribution in [3.63, 3.8) is 0 Å². The van der Waals surface area contributed by atoms with E-state index in [9.17, 15) is 8.42 Å². The molecule has 0 radical (unpaired) electrons. The first-order valence-electron chi connectivity index (χ1n) is 7.49. The van der Waals surface area contributed by atoms with Crippen molar-refractivity contribution in [2.75, 3.05) is 13.7 Å². The first-order chi connectivity index (χ1) is 10.1. The van der Waals surface area contributed by atoms with E-state index < -0.39 is 10.0 Å². The van der Waals surface area contributed by atoms with Gasteiger partial charge in [-0.3, -0.25) is 0 Å². The third kappa shape index (κ3) is 4.18. The van der Waals surface area contributed by atoms with Crippen LogP contribution in [0.1, 0.15) is 38.2 Å². The van der Waals surface area contributed by atoms with Gasteiger partial charge in [0.05, 0.1) is 11.5 Å². The Balaban J connectivity index is 2.23. The number of hydrogen-bond donors (Lipinski definition) is 2. The second kappa shape index (κ2) is 7.24. The maximum atomic E-state index is 12.4. The minimum atomic E-state index is -3.45. The van der Waals surface area contributed by atoms with Gasteiger partial charge in [-0.1, -0.05) is 12.8 Å². The van der Waals surface area contributed by atoms with Gasteiger partial charge in [-0.25, -0.2) is 13.1 Å². The maximum Gasteiger partial charge on any atom is 0.240 e. The number of benzene rings is 1. The zero-order chi connectivity index (χ0) is 15.3. The molecule has 2 N–H and O–H groups in total. The minimum Gasteiger partial charge on any atom is -0.494 e. The van der Waals surface area contributed by atoms with E-state index in [1.54, 1.807) is 18.2 Å². The number of hydrogen-bond acceptors (Lipinski definition) is 4. The van der Waals surface area contributed by atoms with Crippen LogP contribution in [0.4, 0.5) is 0 Å². The maximum absolute atomic E-state index is 12.4. The van der Waals surface area contributed by atoms with Gasteiger partial charge in [-0.2, -0.15) is 0 Å². The van der Waals surface area contributed by atoms with E-state index in [1.165, 1.54) is 0 Å². The lowest BCUT2D eigenvalue weighted by Gasteiger charge is -2.15. The number of sulfonamides is 1. The Labute approximate surface area is 127 Å². The Morgan fingerprint density at radius 2 is 2.00 bits per heavy atom. The highest BCUT2D eigenvalue weighted by atomic mass is 32.2. The first-order valence-corrected chi connectivity index (χ1v) is 8.97. The Bertz CT molecular complexity index is 566. The fraction of sp³-hybridized carbons (Fsp3) is 0.600. The molecule has 0 saturated heterocycles. The predicted molar refractivity (Wildman–Crippen MR) is 83.0 cm³/mol. The Morgan fingerprint density at radius 1 is 1.29 bits per heavy atom. The lowest BCUT2D eigenvalue weighted by atomic mass is 10.2. The molecule has 2 rings (SSSR count). The molecule has 0 heterocycles. The summed E-state index contributed by atoms with van der Waals surface area (Å²) in [6.07, 6.45) is 4.06. The SMILES string of the molecule is CCOc1ccc(S(=O)(=O)NC2CCCC2)cc1CNC. The predicted octanol–water partition coefficient (Wildman–Crippen LogP) is 2.03.